The lowest BCUT2D eigenvalue weighted by Crippen LogP contribution is -2.43. The van der Waals surface area contributed by atoms with Crippen LogP contribution in [-0.4, -0.2) is 43.9 Å². The summed E-state index contributed by atoms with van der Waals surface area (Å²) in [6, 6.07) is 0. The van der Waals surface area contributed by atoms with Crippen molar-refractivity contribution in [3.05, 3.63) is 27.2 Å². The van der Waals surface area contributed by atoms with E-state index >= 15 is 0 Å². The predicted octanol–water partition coefficient (Wildman–Crippen LogP) is 1.39. The van der Waals surface area contributed by atoms with Crippen molar-refractivity contribution in [3.63, 3.8) is 0 Å². The van der Waals surface area contributed by atoms with E-state index in [1.54, 1.807) is 0 Å². The number of hydrogen-bond acceptors (Lipinski definition) is 5. The summed E-state index contributed by atoms with van der Waals surface area (Å²) in [6.07, 6.45) is -0.812. The van der Waals surface area contributed by atoms with Crippen LogP contribution >= 0.6 is 0 Å². The molecule has 0 bridgehead atoms. The molecule has 28 heavy (non-hydrogen) atoms. The van der Waals surface area contributed by atoms with E-state index in [0.717, 1.165) is 20.0 Å². The van der Waals surface area contributed by atoms with Gasteiger partial charge in [0.15, 0.2) is 17.0 Å². The van der Waals surface area contributed by atoms with E-state index in [1.165, 1.54) is 7.05 Å². The minimum absolute atomic E-state index is 0.0419. The molecule has 2 aliphatic rings. The van der Waals surface area contributed by atoms with Crippen molar-refractivity contribution < 1.29 is 22.6 Å². The van der Waals surface area contributed by atoms with Crippen LogP contribution in [0.2, 0.25) is 0 Å². The van der Waals surface area contributed by atoms with Crippen LogP contribution in [0.4, 0.5) is 13.2 Å². The van der Waals surface area contributed by atoms with E-state index in [4.69, 9.17) is 9.47 Å². The van der Waals surface area contributed by atoms with Crippen molar-refractivity contribution in [2.45, 2.75) is 50.7 Å². The largest absolute Gasteiger partial charge is 0.406 e. The molecule has 4 rings (SSSR count). The highest BCUT2D eigenvalue weighted by Crippen LogP contribution is 2.38. The molecule has 0 atom stereocenters. The topological polar surface area (TPSA) is 80.3 Å². The minimum Gasteiger partial charge on any atom is -0.348 e. The maximum absolute atomic E-state index is 12.9. The van der Waals surface area contributed by atoms with Gasteiger partial charge in [0.1, 0.15) is 6.54 Å². The molecule has 1 spiro atoms. The Morgan fingerprint density at radius 2 is 1.86 bits per heavy atom. The van der Waals surface area contributed by atoms with Crippen molar-refractivity contribution in [1.82, 2.24) is 18.7 Å². The Morgan fingerprint density at radius 1 is 1.21 bits per heavy atom. The molecular weight excluding hydrogens is 381 g/mol. The second-order valence-electron chi connectivity index (χ2n) is 7.47. The van der Waals surface area contributed by atoms with Crippen molar-refractivity contribution in [2.24, 2.45) is 13.0 Å². The lowest BCUT2D eigenvalue weighted by Gasteiger charge is -2.35. The van der Waals surface area contributed by atoms with Crippen LogP contribution in [0.5, 0.6) is 0 Å². The average molecular weight is 402 g/mol. The first-order chi connectivity index (χ1) is 13.2. The van der Waals surface area contributed by atoms with Gasteiger partial charge < -0.3 is 14.0 Å². The van der Waals surface area contributed by atoms with E-state index in [0.29, 0.717) is 38.9 Å². The SMILES string of the molecule is Cn1c(=O)n(CC2CCC3(CC2)OCCO3)c(=O)c2c1ncn2CC(F)(F)F. The van der Waals surface area contributed by atoms with Crippen LogP contribution in [0.3, 0.4) is 0 Å². The van der Waals surface area contributed by atoms with Crippen molar-refractivity contribution in [3.8, 4) is 0 Å². The molecule has 0 N–H and O–H groups in total. The van der Waals surface area contributed by atoms with E-state index in [1.807, 2.05) is 0 Å². The Kier molecular flexibility index (Phi) is 4.61. The molecule has 2 fully saturated rings. The highest BCUT2D eigenvalue weighted by atomic mass is 19.4. The van der Waals surface area contributed by atoms with Gasteiger partial charge in [-0.25, -0.2) is 9.78 Å². The van der Waals surface area contributed by atoms with Crippen molar-refractivity contribution >= 4 is 11.2 Å². The molecule has 0 aromatic carbocycles. The first-order valence-corrected chi connectivity index (χ1v) is 9.18. The summed E-state index contributed by atoms with van der Waals surface area (Å²) in [7, 11) is 1.40. The second-order valence-corrected chi connectivity index (χ2v) is 7.47. The van der Waals surface area contributed by atoms with Crippen LogP contribution in [0.25, 0.3) is 11.2 Å². The van der Waals surface area contributed by atoms with E-state index in [2.05, 4.69) is 4.98 Å². The van der Waals surface area contributed by atoms with Crippen LogP contribution in [0.15, 0.2) is 15.9 Å². The summed E-state index contributed by atoms with van der Waals surface area (Å²) in [4.78, 5) is 29.3. The molecular formula is C17H21F3N4O4. The van der Waals surface area contributed by atoms with Crippen molar-refractivity contribution in [1.29, 1.82) is 0 Å². The lowest BCUT2D eigenvalue weighted by atomic mass is 9.85. The number of nitrogens with zero attached hydrogens (tertiary/aromatic N) is 4. The summed E-state index contributed by atoms with van der Waals surface area (Å²) in [5.74, 6) is -0.512. The Morgan fingerprint density at radius 3 is 2.46 bits per heavy atom. The van der Waals surface area contributed by atoms with E-state index < -0.39 is 29.8 Å². The molecule has 1 saturated carbocycles. The number of rotatable bonds is 3. The third kappa shape index (κ3) is 3.37. The Balaban J connectivity index is 1.64. The molecule has 1 aliphatic heterocycles. The molecule has 2 aromatic heterocycles. The Bertz CT molecular complexity index is 991. The molecule has 1 saturated heterocycles. The van der Waals surface area contributed by atoms with Gasteiger partial charge in [0, 0.05) is 26.4 Å². The minimum atomic E-state index is -4.50. The molecule has 154 valence electrons. The monoisotopic (exact) mass is 402 g/mol. The summed E-state index contributed by atoms with van der Waals surface area (Å²) in [5, 5.41) is 0. The summed E-state index contributed by atoms with van der Waals surface area (Å²) >= 11 is 0. The van der Waals surface area contributed by atoms with Crippen LogP contribution in [0, 0.1) is 5.92 Å². The summed E-state index contributed by atoms with van der Waals surface area (Å²) in [5.41, 5.74) is -1.59. The quantitative estimate of drug-likeness (QED) is 0.775. The zero-order valence-electron chi connectivity index (χ0n) is 15.4. The molecule has 3 heterocycles. The average Bonchev–Trinajstić information content (AvgIpc) is 3.25. The Labute approximate surface area is 157 Å². The lowest BCUT2D eigenvalue weighted by molar-refractivity contribution is -0.183. The predicted molar refractivity (Wildman–Crippen MR) is 91.9 cm³/mol. The molecule has 11 heteroatoms. The molecule has 0 amide bonds. The Hall–Kier alpha value is -2.14. The molecule has 1 aliphatic carbocycles. The fourth-order valence-electron chi connectivity index (χ4n) is 4.14. The normalized spacial score (nSPS) is 20.4. The summed E-state index contributed by atoms with van der Waals surface area (Å²) < 4.78 is 52.7. The summed E-state index contributed by atoms with van der Waals surface area (Å²) in [6.45, 7) is -0.0681. The number of imidazole rings is 1. The molecule has 8 nitrogen and oxygen atoms in total. The zero-order chi connectivity index (χ0) is 20.1. The van der Waals surface area contributed by atoms with Crippen molar-refractivity contribution in [2.75, 3.05) is 13.2 Å². The number of aromatic nitrogens is 4. The van der Waals surface area contributed by atoms with Crippen LogP contribution in [0.1, 0.15) is 25.7 Å². The van der Waals surface area contributed by atoms with Crippen LogP contribution < -0.4 is 11.2 Å². The van der Waals surface area contributed by atoms with E-state index in [9.17, 15) is 22.8 Å². The number of ether oxygens (including phenoxy) is 2. The number of alkyl halides is 3. The molecule has 0 unspecified atom stereocenters. The first-order valence-electron chi connectivity index (χ1n) is 9.18. The smallest absolute Gasteiger partial charge is 0.348 e. The number of hydrogen-bond donors (Lipinski definition) is 0. The standard InChI is InChI=1S/C17H21F3N4O4/c1-22-13-12(23(10-21-13)9-17(18,19)20)14(25)24(15(22)26)8-11-2-4-16(5-3-11)27-6-7-28-16/h10-11H,2-9H2,1H3. The third-order valence-electron chi connectivity index (χ3n) is 5.57. The van der Waals surface area contributed by atoms with Crippen LogP contribution in [-0.2, 0) is 29.6 Å². The fourth-order valence-corrected chi connectivity index (χ4v) is 4.14. The maximum Gasteiger partial charge on any atom is 0.406 e. The van der Waals surface area contributed by atoms with Gasteiger partial charge in [0.2, 0.25) is 0 Å². The number of halogens is 3. The molecule has 0 radical (unpaired) electrons. The third-order valence-corrected chi connectivity index (χ3v) is 5.57. The van der Waals surface area contributed by atoms with Gasteiger partial charge in [-0.3, -0.25) is 13.9 Å². The van der Waals surface area contributed by atoms with Gasteiger partial charge in [-0.2, -0.15) is 13.2 Å². The van der Waals surface area contributed by atoms with Gasteiger partial charge in [-0.1, -0.05) is 0 Å². The van der Waals surface area contributed by atoms with Gasteiger partial charge in [0.25, 0.3) is 5.56 Å². The zero-order valence-corrected chi connectivity index (χ0v) is 15.4. The highest BCUT2D eigenvalue weighted by Gasteiger charge is 2.40. The fraction of sp³-hybridized carbons (Fsp3) is 0.706. The van der Waals surface area contributed by atoms with Gasteiger partial charge >= 0.3 is 11.9 Å². The second kappa shape index (κ2) is 6.73. The van der Waals surface area contributed by atoms with E-state index in [-0.39, 0.29) is 23.6 Å². The van der Waals surface area contributed by atoms with Gasteiger partial charge in [-0.15, -0.1) is 0 Å². The number of fused-ring (bicyclic) bond motifs is 1. The van der Waals surface area contributed by atoms with Gasteiger partial charge in [0.05, 0.1) is 19.5 Å². The molecule has 2 aromatic rings. The highest BCUT2D eigenvalue weighted by molar-refractivity contribution is 5.69. The first kappa shape index (κ1) is 19.2. The maximum atomic E-state index is 12.9. The van der Waals surface area contributed by atoms with Gasteiger partial charge in [-0.05, 0) is 18.8 Å². The number of aryl methyl sites for hydroxylation is 1.